The lowest BCUT2D eigenvalue weighted by Crippen LogP contribution is -2.46. The van der Waals surface area contributed by atoms with Gasteiger partial charge in [0.1, 0.15) is 11.5 Å². The second kappa shape index (κ2) is 6.14. The van der Waals surface area contributed by atoms with Crippen LogP contribution in [0.2, 0.25) is 0 Å². The van der Waals surface area contributed by atoms with Gasteiger partial charge in [-0.1, -0.05) is 6.07 Å². The molecule has 1 saturated heterocycles. The number of hydrogen-bond acceptors (Lipinski definition) is 3. The van der Waals surface area contributed by atoms with Crippen molar-refractivity contribution in [2.24, 2.45) is 5.92 Å². The lowest BCUT2D eigenvalue weighted by molar-refractivity contribution is -0.129. The molecule has 1 fully saturated rings. The summed E-state index contributed by atoms with van der Waals surface area (Å²) < 4.78 is 18.1. The van der Waals surface area contributed by atoms with Crippen molar-refractivity contribution in [2.75, 3.05) is 26.4 Å². The Bertz CT molecular complexity index is 532. The highest BCUT2D eigenvalue weighted by Crippen LogP contribution is 2.38. The maximum Gasteiger partial charge on any atom is 0.139 e. The molecule has 0 aliphatic carbocycles. The molecule has 0 radical (unpaired) electrons. The number of hydrogen-bond donors (Lipinski definition) is 0. The highest BCUT2D eigenvalue weighted by molar-refractivity contribution is 5.83. The van der Waals surface area contributed by atoms with Crippen LogP contribution in [0.3, 0.4) is 0 Å². The largest absolute Gasteiger partial charge is 0.494 e. The van der Waals surface area contributed by atoms with Crippen LogP contribution in [0.1, 0.15) is 36.9 Å². The Morgan fingerprint density at radius 1 is 1.43 bits per heavy atom. The minimum Gasteiger partial charge on any atom is -0.494 e. The third-order valence-electron chi connectivity index (χ3n) is 4.66. The van der Waals surface area contributed by atoms with Crippen molar-refractivity contribution in [1.82, 2.24) is 4.90 Å². The maximum absolute atomic E-state index is 12.5. The predicted molar refractivity (Wildman–Crippen MR) is 79.3 cm³/mol. The van der Waals surface area contributed by atoms with E-state index >= 15 is 0 Å². The SMILES string of the molecule is CCOc1ccc2c(c1)CCN1C[C@H](CCF)C(=O)C[C@@H]21. The van der Waals surface area contributed by atoms with Gasteiger partial charge in [-0.15, -0.1) is 0 Å². The number of ketones is 1. The van der Waals surface area contributed by atoms with Crippen LogP contribution in [-0.2, 0) is 11.2 Å². The van der Waals surface area contributed by atoms with Crippen LogP contribution in [0.4, 0.5) is 4.39 Å². The molecule has 0 saturated carbocycles. The van der Waals surface area contributed by atoms with Gasteiger partial charge in [0.2, 0.25) is 0 Å². The molecule has 4 heteroatoms. The molecule has 1 aromatic rings. The Morgan fingerprint density at radius 2 is 2.29 bits per heavy atom. The van der Waals surface area contributed by atoms with E-state index in [1.165, 1.54) is 11.1 Å². The third kappa shape index (κ3) is 2.82. The summed E-state index contributed by atoms with van der Waals surface area (Å²) in [4.78, 5) is 14.6. The summed E-state index contributed by atoms with van der Waals surface area (Å²) in [5.41, 5.74) is 2.54. The van der Waals surface area contributed by atoms with Crippen LogP contribution < -0.4 is 4.74 Å². The van der Waals surface area contributed by atoms with Crippen molar-refractivity contribution >= 4 is 5.78 Å². The highest BCUT2D eigenvalue weighted by atomic mass is 19.1. The molecule has 2 heterocycles. The number of carbonyl (C=O) groups is 1. The number of carbonyl (C=O) groups excluding carboxylic acids is 1. The first-order chi connectivity index (χ1) is 10.2. The topological polar surface area (TPSA) is 29.5 Å². The first-order valence-electron chi connectivity index (χ1n) is 7.81. The molecule has 3 rings (SSSR count). The molecular formula is C17H22FNO2. The number of nitrogens with zero attached hydrogens (tertiary/aromatic N) is 1. The zero-order valence-corrected chi connectivity index (χ0v) is 12.5. The first kappa shape index (κ1) is 14.5. The second-order valence-electron chi connectivity index (χ2n) is 5.90. The van der Waals surface area contributed by atoms with Crippen molar-refractivity contribution in [1.29, 1.82) is 0 Å². The van der Waals surface area contributed by atoms with Gasteiger partial charge in [0.25, 0.3) is 0 Å². The first-order valence-corrected chi connectivity index (χ1v) is 7.81. The van der Waals surface area contributed by atoms with Crippen LogP contribution >= 0.6 is 0 Å². The number of piperidine rings is 1. The molecule has 2 aliphatic rings. The molecule has 2 atom stereocenters. The van der Waals surface area contributed by atoms with Gasteiger partial charge < -0.3 is 4.74 Å². The van der Waals surface area contributed by atoms with Crippen LogP contribution in [0.25, 0.3) is 0 Å². The zero-order valence-electron chi connectivity index (χ0n) is 12.5. The van der Waals surface area contributed by atoms with Crippen molar-refractivity contribution < 1.29 is 13.9 Å². The quantitative estimate of drug-likeness (QED) is 0.854. The van der Waals surface area contributed by atoms with E-state index in [1.807, 2.05) is 13.0 Å². The Hall–Kier alpha value is -1.42. The summed E-state index contributed by atoms with van der Waals surface area (Å²) in [7, 11) is 0. The molecule has 21 heavy (non-hydrogen) atoms. The maximum atomic E-state index is 12.5. The molecule has 0 spiro atoms. The number of fused-ring (bicyclic) bond motifs is 3. The molecule has 0 aromatic heterocycles. The minimum atomic E-state index is -0.400. The second-order valence-corrected chi connectivity index (χ2v) is 5.90. The van der Waals surface area contributed by atoms with Gasteiger partial charge in [0, 0.05) is 31.5 Å². The number of benzene rings is 1. The van der Waals surface area contributed by atoms with E-state index < -0.39 is 6.67 Å². The van der Waals surface area contributed by atoms with Crippen LogP contribution in [0.5, 0.6) is 5.75 Å². The lowest BCUT2D eigenvalue weighted by Gasteiger charge is -2.42. The van der Waals surface area contributed by atoms with Crippen molar-refractivity contribution in [3.63, 3.8) is 0 Å². The van der Waals surface area contributed by atoms with Crippen LogP contribution in [0, 0.1) is 5.92 Å². The van der Waals surface area contributed by atoms with Gasteiger partial charge in [-0.3, -0.25) is 14.1 Å². The Balaban J connectivity index is 1.82. The van der Waals surface area contributed by atoms with E-state index in [0.29, 0.717) is 26.0 Å². The summed E-state index contributed by atoms with van der Waals surface area (Å²) in [5, 5.41) is 0. The standard InChI is InChI=1S/C17H22FNO2/c1-2-21-14-3-4-15-12(9-14)6-8-19-11-13(5-7-18)17(20)10-16(15)19/h3-4,9,13,16H,2,5-8,10-11H2,1H3/t13-,16-/m0/s1. The molecule has 0 unspecified atom stereocenters. The van der Waals surface area contributed by atoms with Crippen molar-refractivity contribution in [2.45, 2.75) is 32.2 Å². The number of ether oxygens (including phenoxy) is 1. The highest BCUT2D eigenvalue weighted by Gasteiger charge is 2.37. The Kier molecular flexibility index (Phi) is 4.24. The normalized spacial score (nSPS) is 25.3. The van der Waals surface area contributed by atoms with Gasteiger partial charge in [0.05, 0.1) is 13.3 Å². The van der Waals surface area contributed by atoms with Gasteiger partial charge in [-0.05, 0) is 43.0 Å². The van der Waals surface area contributed by atoms with E-state index in [2.05, 4.69) is 17.0 Å². The van der Waals surface area contributed by atoms with Gasteiger partial charge >= 0.3 is 0 Å². The van der Waals surface area contributed by atoms with Crippen LogP contribution in [-0.4, -0.2) is 37.1 Å². The fraction of sp³-hybridized carbons (Fsp3) is 0.588. The molecular weight excluding hydrogens is 269 g/mol. The van der Waals surface area contributed by atoms with Crippen LogP contribution in [0.15, 0.2) is 18.2 Å². The van der Waals surface area contributed by atoms with E-state index in [0.717, 1.165) is 18.7 Å². The summed E-state index contributed by atoms with van der Waals surface area (Å²) in [6.07, 6.45) is 1.87. The molecule has 2 aliphatic heterocycles. The number of halogens is 1. The lowest BCUT2D eigenvalue weighted by atomic mass is 9.82. The van der Waals surface area contributed by atoms with E-state index in [-0.39, 0.29) is 17.7 Å². The third-order valence-corrected chi connectivity index (χ3v) is 4.66. The number of alkyl halides is 1. The summed E-state index contributed by atoms with van der Waals surface area (Å²) >= 11 is 0. The van der Waals surface area contributed by atoms with Gasteiger partial charge in [-0.2, -0.15) is 0 Å². The minimum absolute atomic E-state index is 0.115. The molecule has 0 N–H and O–H groups in total. The van der Waals surface area contributed by atoms with Gasteiger partial charge in [0.15, 0.2) is 0 Å². The van der Waals surface area contributed by atoms with E-state index in [9.17, 15) is 9.18 Å². The molecule has 0 bridgehead atoms. The molecule has 114 valence electrons. The summed E-state index contributed by atoms with van der Waals surface area (Å²) in [5.74, 6) is 1.01. The average Bonchev–Trinajstić information content (AvgIpc) is 2.48. The van der Waals surface area contributed by atoms with Gasteiger partial charge in [-0.25, -0.2) is 0 Å². The fourth-order valence-corrected chi connectivity index (χ4v) is 3.58. The summed E-state index contributed by atoms with van der Waals surface area (Å²) in [6.45, 7) is 3.90. The number of rotatable bonds is 4. The monoisotopic (exact) mass is 291 g/mol. The van der Waals surface area contributed by atoms with Crippen molar-refractivity contribution in [3.8, 4) is 5.75 Å². The Labute approximate surface area is 125 Å². The molecule has 1 aromatic carbocycles. The zero-order chi connectivity index (χ0) is 14.8. The molecule has 0 amide bonds. The molecule has 3 nitrogen and oxygen atoms in total. The summed E-state index contributed by atoms with van der Waals surface area (Å²) in [6, 6.07) is 6.37. The predicted octanol–water partition coefficient (Wildman–Crippen LogP) is 2.93. The number of Topliss-reactive ketones (excluding diaryl/α,β-unsaturated/α-hetero) is 1. The fourth-order valence-electron chi connectivity index (χ4n) is 3.58. The van der Waals surface area contributed by atoms with Crippen molar-refractivity contribution in [3.05, 3.63) is 29.3 Å². The Morgan fingerprint density at radius 3 is 3.05 bits per heavy atom. The average molecular weight is 291 g/mol. The smallest absolute Gasteiger partial charge is 0.139 e. The van der Waals surface area contributed by atoms with E-state index in [4.69, 9.17) is 4.74 Å². The van der Waals surface area contributed by atoms with E-state index in [1.54, 1.807) is 0 Å².